The molecule has 0 saturated carbocycles. The molecular weight excluding hydrogens is 352 g/mol. The number of ether oxygens (including phenoxy) is 1. The van der Waals surface area contributed by atoms with Crippen molar-refractivity contribution in [2.45, 2.75) is 11.8 Å². The second-order valence-electron chi connectivity index (χ2n) is 6.21. The number of benzene rings is 2. The number of carbonyl (C=O) groups excluding carboxylic acids is 1. The van der Waals surface area contributed by atoms with E-state index in [9.17, 15) is 13.2 Å². The molecule has 26 heavy (non-hydrogen) atoms. The number of methoxy groups -OCH3 is 1. The van der Waals surface area contributed by atoms with Crippen LogP contribution in [0.15, 0.2) is 53.4 Å². The Morgan fingerprint density at radius 1 is 0.962 bits per heavy atom. The van der Waals surface area contributed by atoms with Gasteiger partial charge in [0.1, 0.15) is 10.6 Å². The van der Waals surface area contributed by atoms with Gasteiger partial charge in [0, 0.05) is 31.7 Å². The lowest BCUT2D eigenvalue weighted by molar-refractivity contribution is 0.0698. The van der Waals surface area contributed by atoms with Gasteiger partial charge >= 0.3 is 0 Å². The second kappa shape index (κ2) is 7.47. The van der Waals surface area contributed by atoms with E-state index in [-0.39, 0.29) is 23.9 Å². The molecule has 0 spiro atoms. The Bertz CT molecular complexity index is 886. The van der Waals surface area contributed by atoms with Crippen LogP contribution >= 0.6 is 0 Å². The predicted octanol–water partition coefficient (Wildman–Crippen LogP) is 2.15. The van der Waals surface area contributed by atoms with Gasteiger partial charge in [-0.1, -0.05) is 29.8 Å². The van der Waals surface area contributed by atoms with Gasteiger partial charge in [0.2, 0.25) is 10.0 Å². The third-order valence-corrected chi connectivity index (χ3v) is 6.45. The molecule has 2 aromatic rings. The number of para-hydroxylation sites is 1. The van der Waals surface area contributed by atoms with Crippen LogP contribution in [0, 0.1) is 6.92 Å². The number of amides is 1. The third kappa shape index (κ3) is 3.59. The lowest BCUT2D eigenvalue weighted by Gasteiger charge is -2.34. The van der Waals surface area contributed by atoms with E-state index in [4.69, 9.17) is 4.74 Å². The van der Waals surface area contributed by atoms with Crippen LogP contribution in [0.3, 0.4) is 0 Å². The van der Waals surface area contributed by atoms with Crippen molar-refractivity contribution in [2.24, 2.45) is 0 Å². The zero-order valence-corrected chi connectivity index (χ0v) is 15.7. The van der Waals surface area contributed by atoms with E-state index < -0.39 is 10.0 Å². The lowest BCUT2D eigenvalue weighted by atomic mass is 10.1. The minimum Gasteiger partial charge on any atom is -0.495 e. The number of hydrogen-bond donors (Lipinski definition) is 0. The SMILES string of the molecule is COc1ccccc1S(=O)(=O)N1CCN(C(=O)c2ccc(C)cc2)CC1. The highest BCUT2D eigenvalue weighted by Gasteiger charge is 2.32. The molecule has 0 N–H and O–H groups in total. The van der Waals surface area contributed by atoms with Crippen LogP contribution in [0.1, 0.15) is 15.9 Å². The summed E-state index contributed by atoms with van der Waals surface area (Å²) in [5.74, 6) is 0.255. The maximum atomic E-state index is 12.9. The summed E-state index contributed by atoms with van der Waals surface area (Å²) in [4.78, 5) is 14.4. The van der Waals surface area contributed by atoms with Gasteiger partial charge in [-0.05, 0) is 31.2 Å². The van der Waals surface area contributed by atoms with Gasteiger partial charge in [-0.25, -0.2) is 8.42 Å². The fourth-order valence-corrected chi connectivity index (χ4v) is 4.56. The number of nitrogens with zero attached hydrogens (tertiary/aromatic N) is 2. The zero-order valence-electron chi connectivity index (χ0n) is 14.9. The van der Waals surface area contributed by atoms with E-state index in [0.29, 0.717) is 24.4 Å². The fourth-order valence-electron chi connectivity index (χ4n) is 2.98. The Labute approximate surface area is 154 Å². The zero-order chi connectivity index (χ0) is 18.7. The van der Waals surface area contributed by atoms with Gasteiger partial charge in [0.05, 0.1) is 7.11 Å². The normalized spacial score (nSPS) is 15.7. The smallest absolute Gasteiger partial charge is 0.253 e. The van der Waals surface area contributed by atoms with Gasteiger partial charge < -0.3 is 9.64 Å². The van der Waals surface area contributed by atoms with E-state index in [2.05, 4.69) is 0 Å². The summed E-state index contributed by atoms with van der Waals surface area (Å²) in [6, 6.07) is 14.0. The van der Waals surface area contributed by atoms with Crippen molar-refractivity contribution in [2.75, 3.05) is 33.3 Å². The van der Waals surface area contributed by atoms with Crippen LogP contribution in [0.2, 0.25) is 0 Å². The molecule has 3 rings (SSSR count). The average molecular weight is 374 g/mol. The van der Waals surface area contributed by atoms with E-state index in [1.54, 1.807) is 35.2 Å². The second-order valence-corrected chi connectivity index (χ2v) is 8.12. The number of carbonyl (C=O) groups is 1. The minimum absolute atomic E-state index is 0.0701. The topological polar surface area (TPSA) is 66.9 Å². The molecule has 6 nitrogen and oxygen atoms in total. The molecule has 1 aliphatic heterocycles. The van der Waals surface area contributed by atoms with Crippen molar-refractivity contribution in [3.63, 3.8) is 0 Å². The molecule has 0 unspecified atom stereocenters. The Balaban J connectivity index is 1.71. The van der Waals surface area contributed by atoms with Gasteiger partial charge in [0.25, 0.3) is 5.91 Å². The van der Waals surface area contributed by atoms with Crippen LogP contribution < -0.4 is 4.74 Å². The third-order valence-electron chi connectivity index (χ3n) is 4.51. The van der Waals surface area contributed by atoms with Gasteiger partial charge in [-0.3, -0.25) is 4.79 Å². The van der Waals surface area contributed by atoms with Crippen molar-refractivity contribution in [3.05, 3.63) is 59.7 Å². The molecule has 1 amide bonds. The quantitative estimate of drug-likeness (QED) is 0.822. The van der Waals surface area contributed by atoms with Crippen molar-refractivity contribution in [1.29, 1.82) is 0 Å². The molecule has 0 aromatic heterocycles. The largest absolute Gasteiger partial charge is 0.495 e. The summed E-state index contributed by atoms with van der Waals surface area (Å²) in [7, 11) is -2.20. The number of sulfonamides is 1. The van der Waals surface area contributed by atoms with Gasteiger partial charge in [-0.15, -0.1) is 0 Å². The monoisotopic (exact) mass is 374 g/mol. The molecule has 0 aliphatic carbocycles. The molecular formula is C19H22N2O4S. The van der Waals surface area contributed by atoms with E-state index in [1.807, 2.05) is 19.1 Å². The van der Waals surface area contributed by atoms with E-state index in [1.165, 1.54) is 17.5 Å². The van der Waals surface area contributed by atoms with Crippen LogP contribution in [-0.2, 0) is 10.0 Å². The van der Waals surface area contributed by atoms with E-state index >= 15 is 0 Å². The van der Waals surface area contributed by atoms with Crippen molar-refractivity contribution in [1.82, 2.24) is 9.21 Å². The Kier molecular flexibility index (Phi) is 5.29. The van der Waals surface area contributed by atoms with Crippen LogP contribution in [-0.4, -0.2) is 56.8 Å². The maximum absolute atomic E-state index is 12.9. The van der Waals surface area contributed by atoms with Crippen molar-refractivity contribution in [3.8, 4) is 5.75 Å². The summed E-state index contributed by atoms with van der Waals surface area (Å²) in [6.45, 7) is 3.22. The molecule has 1 aliphatic rings. The van der Waals surface area contributed by atoms with Crippen LogP contribution in [0.25, 0.3) is 0 Å². The first-order chi connectivity index (χ1) is 12.4. The first-order valence-electron chi connectivity index (χ1n) is 8.42. The average Bonchev–Trinajstić information content (AvgIpc) is 2.68. The summed E-state index contributed by atoms with van der Waals surface area (Å²) in [5, 5.41) is 0. The first kappa shape index (κ1) is 18.4. The Morgan fingerprint density at radius 2 is 1.58 bits per heavy atom. The highest BCUT2D eigenvalue weighted by molar-refractivity contribution is 7.89. The first-order valence-corrected chi connectivity index (χ1v) is 9.86. The summed E-state index contributed by atoms with van der Waals surface area (Å²) in [5.41, 5.74) is 1.71. The molecule has 0 atom stereocenters. The maximum Gasteiger partial charge on any atom is 0.253 e. The summed E-state index contributed by atoms with van der Waals surface area (Å²) in [6.07, 6.45) is 0. The van der Waals surface area contributed by atoms with Crippen LogP contribution in [0.5, 0.6) is 5.75 Å². The molecule has 2 aromatic carbocycles. The van der Waals surface area contributed by atoms with Crippen LogP contribution in [0.4, 0.5) is 0 Å². The number of piperazine rings is 1. The number of hydrogen-bond acceptors (Lipinski definition) is 4. The van der Waals surface area contributed by atoms with Gasteiger partial charge in [-0.2, -0.15) is 4.31 Å². The highest BCUT2D eigenvalue weighted by Crippen LogP contribution is 2.27. The lowest BCUT2D eigenvalue weighted by Crippen LogP contribution is -2.50. The molecule has 1 heterocycles. The molecule has 0 bridgehead atoms. The predicted molar refractivity (Wildman–Crippen MR) is 98.8 cm³/mol. The summed E-state index contributed by atoms with van der Waals surface area (Å²) < 4.78 is 32.4. The van der Waals surface area contributed by atoms with Gasteiger partial charge in [0.15, 0.2) is 0 Å². The Morgan fingerprint density at radius 3 is 2.19 bits per heavy atom. The van der Waals surface area contributed by atoms with E-state index in [0.717, 1.165) is 5.56 Å². The molecule has 1 saturated heterocycles. The summed E-state index contributed by atoms with van der Waals surface area (Å²) >= 11 is 0. The molecule has 1 fully saturated rings. The standard InChI is InChI=1S/C19H22N2O4S/c1-15-7-9-16(10-8-15)19(22)20-11-13-21(14-12-20)26(23,24)18-6-4-3-5-17(18)25-2/h3-10H,11-14H2,1-2H3. The minimum atomic E-state index is -3.65. The molecule has 0 radical (unpaired) electrons. The molecule has 138 valence electrons. The Hall–Kier alpha value is -2.38. The number of rotatable bonds is 4. The molecule has 7 heteroatoms. The fraction of sp³-hybridized carbons (Fsp3) is 0.316. The van der Waals surface area contributed by atoms with Crippen molar-refractivity contribution < 1.29 is 17.9 Å². The van der Waals surface area contributed by atoms with Crippen molar-refractivity contribution >= 4 is 15.9 Å². The highest BCUT2D eigenvalue weighted by atomic mass is 32.2. The number of aryl methyl sites for hydroxylation is 1.